The zero-order valence-electron chi connectivity index (χ0n) is 17.2. The molecular weight excluding hydrogens is 408 g/mol. The van der Waals surface area contributed by atoms with Crippen molar-refractivity contribution < 1.29 is 9.59 Å². The third kappa shape index (κ3) is 4.75. The molecule has 3 amide bonds. The van der Waals surface area contributed by atoms with Crippen molar-refractivity contribution in [1.29, 1.82) is 5.26 Å². The predicted molar refractivity (Wildman–Crippen MR) is 123 cm³/mol. The maximum Gasteiger partial charge on any atom is 0.321 e. The van der Waals surface area contributed by atoms with Crippen molar-refractivity contribution in [3.8, 4) is 6.07 Å². The number of benzene rings is 2. The highest BCUT2D eigenvalue weighted by atomic mass is 32.2. The zero-order valence-corrected chi connectivity index (χ0v) is 18.0. The molecule has 7 heteroatoms. The number of likely N-dealkylation sites (tertiary alicyclic amines) is 1. The zero-order chi connectivity index (χ0) is 21.7. The van der Waals surface area contributed by atoms with Gasteiger partial charge in [0.2, 0.25) is 5.91 Å². The summed E-state index contributed by atoms with van der Waals surface area (Å²) in [4.78, 5) is 29.1. The Morgan fingerprint density at radius 2 is 1.84 bits per heavy atom. The van der Waals surface area contributed by atoms with Crippen molar-refractivity contribution >= 4 is 35.5 Å². The van der Waals surface area contributed by atoms with Crippen LogP contribution in [0, 0.1) is 11.3 Å². The van der Waals surface area contributed by atoms with Gasteiger partial charge in [0, 0.05) is 37.2 Å². The molecule has 1 spiro atoms. The summed E-state index contributed by atoms with van der Waals surface area (Å²) in [5.74, 6) is 0.943. The normalized spacial score (nSPS) is 17.6. The first kappa shape index (κ1) is 21.0. The van der Waals surface area contributed by atoms with E-state index in [4.69, 9.17) is 5.26 Å². The summed E-state index contributed by atoms with van der Waals surface area (Å²) in [6.45, 7) is 1.90. The Bertz CT molecular complexity index is 1020. The fraction of sp³-hybridized carbons (Fsp3) is 0.292. The number of piperidine rings is 1. The van der Waals surface area contributed by atoms with Gasteiger partial charge in [-0.25, -0.2) is 4.79 Å². The number of hydrogen-bond acceptors (Lipinski definition) is 4. The number of carbonyl (C=O) groups excluding carboxylic acids is 2. The van der Waals surface area contributed by atoms with Gasteiger partial charge in [-0.2, -0.15) is 5.26 Å². The van der Waals surface area contributed by atoms with Crippen LogP contribution in [0.1, 0.15) is 24.0 Å². The Morgan fingerprint density at radius 1 is 1.06 bits per heavy atom. The minimum atomic E-state index is -0.240. The molecule has 6 nitrogen and oxygen atoms in total. The monoisotopic (exact) mass is 432 g/mol. The van der Waals surface area contributed by atoms with Gasteiger partial charge in [0.15, 0.2) is 0 Å². The van der Waals surface area contributed by atoms with E-state index in [-0.39, 0.29) is 16.8 Å². The summed E-state index contributed by atoms with van der Waals surface area (Å²) in [5.41, 5.74) is 2.13. The van der Waals surface area contributed by atoms with Crippen LogP contribution in [0.4, 0.5) is 10.5 Å². The Balaban J connectivity index is 1.37. The molecule has 158 valence electrons. The molecule has 0 atom stereocenters. The average molecular weight is 433 g/mol. The molecule has 2 aromatic carbocycles. The second kappa shape index (κ2) is 9.27. The molecule has 0 saturated carbocycles. The summed E-state index contributed by atoms with van der Waals surface area (Å²) in [5, 5.41) is 11.9. The van der Waals surface area contributed by atoms with Gasteiger partial charge < -0.3 is 15.1 Å². The third-order valence-electron chi connectivity index (χ3n) is 5.74. The van der Waals surface area contributed by atoms with Crippen molar-refractivity contribution in [2.75, 3.05) is 30.7 Å². The predicted octanol–water partition coefficient (Wildman–Crippen LogP) is 4.17. The molecular formula is C24H24N4O2S. The Labute approximate surface area is 186 Å². The van der Waals surface area contributed by atoms with E-state index in [1.54, 1.807) is 35.2 Å². The number of urea groups is 1. The average Bonchev–Trinajstić information content (AvgIpc) is 3.21. The van der Waals surface area contributed by atoms with Gasteiger partial charge in [-0.1, -0.05) is 36.4 Å². The number of nitriles is 1. The highest BCUT2D eigenvalue weighted by Crippen LogP contribution is 2.44. The van der Waals surface area contributed by atoms with Crippen LogP contribution >= 0.6 is 11.8 Å². The van der Waals surface area contributed by atoms with Crippen molar-refractivity contribution in [2.45, 2.75) is 17.7 Å². The van der Waals surface area contributed by atoms with Gasteiger partial charge in [0.25, 0.3) is 0 Å². The molecule has 2 aliphatic heterocycles. The topological polar surface area (TPSA) is 76.4 Å². The lowest BCUT2D eigenvalue weighted by molar-refractivity contribution is -0.129. The minimum absolute atomic E-state index is 0.0278. The van der Waals surface area contributed by atoms with Gasteiger partial charge in [-0.3, -0.25) is 4.79 Å². The van der Waals surface area contributed by atoms with Crippen molar-refractivity contribution in [3.63, 3.8) is 0 Å². The molecule has 0 unspecified atom stereocenters. The molecule has 0 aromatic heterocycles. The molecule has 0 aliphatic carbocycles. The highest BCUT2D eigenvalue weighted by molar-refractivity contribution is 8.00. The molecule has 4 rings (SSSR count). The van der Waals surface area contributed by atoms with E-state index in [9.17, 15) is 9.59 Å². The number of hydrogen-bond donors (Lipinski definition) is 1. The fourth-order valence-corrected chi connectivity index (χ4v) is 5.55. The number of rotatable bonds is 3. The van der Waals surface area contributed by atoms with E-state index in [1.165, 1.54) is 0 Å². The lowest BCUT2D eigenvalue weighted by Gasteiger charge is -2.43. The summed E-state index contributed by atoms with van der Waals surface area (Å²) >= 11 is 1.82. The number of nitrogens with one attached hydrogen (secondary N) is 1. The highest BCUT2D eigenvalue weighted by Gasteiger charge is 2.46. The first-order valence-electron chi connectivity index (χ1n) is 10.3. The minimum Gasteiger partial charge on any atom is -0.324 e. The molecule has 0 bridgehead atoms. The summed E-state index contributed by atoms with van der Waals surface area (Å²) in [7, 11) is 0. The van der Waals surface area contributed by atoms with Crippen LogP contribution < -0.4 is 5.32 Å². The van der Waals surface area contributed by atoms with Crippen LogP contribution in [0.2, 0.25) is 0 Å². The first-order valence-corrected chi connectivity index (χ1v) is 11.3. The van der Waals surface area contributed by atoms with E-state index in [0.29, 0.717) is 24.3 Å². The van der Waals surface area contributed by atoms with E-state index >= 15 is 0 Å². The number of thioether (sulfide) groups is 1. The van der Waals surface area contributed by atoms with Gasteiger partial charge in [0.1, 0.15) is 0 Å². The lowest BCUT2D eigenvalue weighted by Crippen LogP contribution is -2.53. The summed E-state index contributed by atoms with van der Waals surface area (Å²) in [6, 6.07) is 18.6. The molecule has 2 saturated heterocycles. The van der Waals surface area contributed by atoms with E-state index < -0.39 is 0 Å². The van der Waals surface area contributed by atoms with E-state index in [0.717, 1.165) is 30.7 Å². The van der Waals surface area contributed by atoms with Crippen LogP contribution in [-0.2, 0) is 4.79 Å². The standard InChI is InChI=1S/C24H24N4O2S/c25-18-20-7-4-8-21(17-20)26-23(30)27-13-11-24(12-14-27)28(15-16-31-24)22(29)10-9-19-5-2-1-3-6-19/h1-10,17H,11-16H2,(H,26,30). The van der Waals surface area contributed by atoms with Crippen LogP contribution in [0.15, 0.2) is 60.7 Å². The van der Waals surface area contributed by atoms with Crippen LogP contribution in [-0.4, -0.2) is 52.0 Å². The van der Waals surface area contributed by atoms with Crippen molar-refractivity contribution in [2.24, 2.45) is 0 Å². The second-order valence-corrected chi connectivity index (χ2v) is 9.10. The molecule has 1 N–H and O–H groups in total. The first-order chi connectivity index (χ1) is 15.1. The SMILES string of the molecule is N#Cc1cccc(NC(=O)N2CCC3(CC2)SCCN3C(=O)C=Cc2ccccc2)c1. The van der Waals surface area contributed by atoms with Crippen molar-refractivity contribution in [1.82, 2.24) is 9.80 Å². The molecule has 0 radical (unpaired) electrons. The smallest absolute Gasteiger partial charge is 0.321 e. The van der Waals surface area contributed by atoms with Crippen LogP contribution in [0.5, 0.6) is 0 Å². The summed E-state index contributed by atoms with van der Waals surface area (Å²) in [6.07, 6.45) is 5.00. The Kier molecular flexibility index (Phi) is 6.28. The summed E-state index contributed by atoms with van der Waals surface area (Å²) < 4.78 is 0. The van der Waals surface area contributed by atoms with Gasteiger partial charge in [-0.15, -0.1) is 11.8 Å². The van der Waals surface area contributed by atoms with Crippen molar-refractivity contribution in [3.05, 3.63) is 71.8 Å². The van der Waals surface area contributed by atoms with E-state index in [1.807, 2.05) is 53.1 Å². The number of nitrogens with zero attached hydrogens (tertiary/aromatic N) is 3. The number of carbonyl (C=O) groups is 2. The second-order valence-electron chi connectivity index (χ2n) is 7.64. The molecule has 2 aromatic rings. The lowest BCUT2D eigenvalue weighted by atomic mass is 10.0. The number of amides is 3. The Hall–Kier alpha value is -3.24. The maximum absolute atomic E-state index is 12.9. The quantitative estimate of drug-likeness (QED) is 0.739. The molecule has 2 fully saturated rings. The molecule has 2 heterocycles. The van der Waals surface area contributed by atoms with Gasteiger partial charge >= 0.3 is 6.03 Å². The van der Waals surface area contributed by atoms with E-state index in [2.05, 4.69) is 11.4 Å². The maximum atomic E-state index is 12.9. The largest absolute Gasteiger partial charge is 0.324 e. The fourth-order valence-electron chi connectivity index (χ4n) is 4.08. The molecule has 31 heavy (non-hydrogen) atoms. The van der Waals surface area contributed by atoms with Crippen LogP contribution in [0.3, 0.4) is 0 Å². The van der Waals surface area contributed by atoms with Crippen LogP contribution in [0.25, 0.3) is 6.08 Å². The third-order valence-corrected chi connectivity index (χ3v) is 7.29. The van der Waals surface area contributed by atoms with Gasteiger partial charge in [0.05, 0.1) is 16.5 Å². The Morgan fingerprint density at radius 3 is 2.58 bits per heavy atom. The van der Waals surface area contributed by atoms with Gasteiger partial charge in [-0.05, 0) is 42.7 Å². The number of anilines is 1. The molecule has 2 aliphatic rings.